The first-order valence-electron chi connectivity index (χ1n) is 10.5. The molecule has 0 fully saturated rings. The number of aromatic nitrogens is 1. The number of hydrogen-bond acceptors (Lipinski definition) is 3. The van der Waals surface area contributed by atoms with Crippen LogP contribution in [-0.2, 0) is 11.2 Å². The average Bonchev–Trinajstić information content (AvgIpc) is 2.77. The molecule has 3 aromatic rings. The predicted octanol–water partition coefficient (Wildman–Crippen LogP) is 5.83. The molecule has 1 amide bonds. The first-order chi connectivity index (χ1) is 15.2. The molecule has 0 aliphatic rings. The summed E-state index contributed by atoms with van der Waals surface area (Å²) >= 11 is 0. The monoisotopic (exact) mass is 436 g/mol. The standard InChI is InChI=1S/C26H26F2N2O2/c1-5-26(32)30(4)23-11-7-20(15-22(23)27)19-6-10-21(16(2)14-19)24(31)12-8-18-9-13-25(28)29-17(18)3/h6-7,9-11,13-15H,5,8,12H2,1-4H3. The molecule has 0 radical (unpaired) electrons. The minimum absolute atomic E-state index is 0.0148. The summed E-state index contributed by atoms with van der Waals surface area (Å²) in [6.45, 7) is 5.30. The molecule has 32 heavy (non-hydrogen) atoms. The SMILES string of the molecule is CCC(=O)N(C)c1ccc(-c2ccc(C(=O)CCc3ccc(F)nc3C)c(C)c2)cc1F. The van der Waals surface area contributed by atoms with Crippen LogP contribution in [0.25, 0.3) is 11.1 Å². The zero-order valence-electron chi connectivity index (χ0n) is 18.7. The van der Waals surface area contributed by atoms with Crippen molar-refractivity contribution in [2.75, 3.05) is 11.9 Å². The van der Waals surface area contributed by atoms with Crippen molar-refractivity contribution >= 4 is 17.4 Å². The van der Waals surface area contributed by atoms with Crippen LogP contribution in [0.5, 0.6) is 0 Å². The molecule has 0 spiro atoms. The number of amides is 1. The minimum atomic E-state index is -0.530. The molecule has 0 aliphatic heterocycles. The molecule has 0 bridgehead atoms. The quantitative estimate of drug-likeness (QED) is 0.346. The molecule has 6 heteroatoms. The van der Waals surface area contributed by atoms with E-state index in [0.717, 1.165) is 16.7 Å². The van der Waals surface area contributed by atoms with E-state index in [1.54, 1.807) is 51.2 Å². The number of Topliss-reactive ketones (excluding diaryl/α,β-unsaturated/α-hetero) is 1. The smallest absolute Gasteiger partial charge is 0.226 e. The van der Waals surface area contributed by atoms with E-state index in [2.05, 4.69) is 4.98 Å². The van der Waals surface area contributed by atoms with Crippen LogP contribution in [0.3, 0.4) is 0 Å². The van der Waals surface area contributed by atoms with Crippen LogP contribution in [0.4, 0.5) is 14.5 Å². The lowest BCUT2D eigenvalue weighted by molar-refractivity contribution is -0.118. The number of pyridine rings is 1. The number of anilines is 1. The van der Waals surface area contributed by atoms with Gasteiger partial charge >= 0.3 is 0 Å². The number of hydrogen-bond donors (Lipinski definition) is 0. The van der Waals surface area contributed by atoms with Gasteiger partial charge in [-0.3, -0.25) is 9.59 Å². The van der Waals surface area contributed by atoms with Gasteiger partial charge in [0.05, 0.1) is 5.69 Å². The molecular formula is C26H26F2N2O2. The zero-order chi connectivity index (χ0) is 23.4. The van der Waals surface area contributed by atoms with Crippen molar-refractivity contribution in [2.45, 2.75) is 40.0 Å². The molecule has 166 valence electrons. The van der Waals surface area contributed by atoms with E-state index in [-0.39, 0.29) is 23.8 Å². The first kappa shape index (κ1) is 23.3. The number of carbonyl (C=O) groups is 2. The van der Waals surface area contributed by atoms with Crippen molar-refractivity contribution in [3.8, 4) is 11.1 Å². The molecule has 1 aromatic heterocycles. The lowest BCUT2D eigenvalue weighted by atomic mass is 9.95. The lowest BCUT2D eigenvalue weighted by Crippen LogP contribution is -2.25. The van der Waals surface area contributed by atoms with Gasteiger partial charge in [-0.25, -0.2) is 9.37 Å². The van der Waals surface area contributed by atoms with Gasteiger partial charge in [0.1, 0.15) is 5.82 Å². The van der Waals surface area contributed by atoms with E-state index >= 15 is 0 Å². The van der Waals surface area contributed by atoms with Crippen molar-refractivity contribution < 1.29 is 18.4 Å². The molecular weight excluding hydrogens is 410 g/mol. The Kier molecular flexibility index (Phi) is 7.13. The van der Waals surface area contributed by atoms with Gasteiger partial charge < -0.3 is 4.90 Å². The van der Waals surface area contributed by atoms with E-state index in [1.165, 1.54) is 17.0 Å². The van der Waals surface area contributed by atoms with Crippen LogP contribution >= 0.6 is 0 Å². The summed E-state index contributed by atoms with van der Waals surface area (Å²) in [7, 11) is 1.55. The van der Waals surface area contributed by atoms with Gasteiger partial charge in [-0.15, -0.1) is 0 Å². The second-order valence-electron chi connectivity index (χ2n) is 7.80. The highest BCUT2D eigenvalue weighted by molar-refractivity contribution is 5.98. The van der Waals surface area contributed by atoms with Gasteiger partial charge in [0.15, 0.2) is 5.78 Å². The molecule has 0 aliphatic carbocycles. The molecule has 0 unspecified atom stereocenters. The third kappa shape index (κ3) is 5.07. The Morgan fingerprint density at radius 2 is 1.66 bits per heavy atom. The van der Waals surface area contributed by atoms with E-state index in [0.29, 0.717) is 29.7 Å². The summed E-state index contributed by atoms with van der Waals surface area (Å²) in [4.78, 5) is 29.7. The lowest BCUT2D eigenvalue weighted by Gasteiger charge is -2.18. The second kappa shape index (κ2) is 9.81. The van der Waals surface area contributed by atoms with Gasteiger partial charge in [-0.1, -0.05) is 37.3 Å². The average molecular weight is 437 g/mol. The molecule has 3 rings (SSSR count). The number of ketones is 1. The second-order valence-corrected chi connectivity index (χ2v) is 7.80. The maximum Gasteiger partial charge on any atom is 0.226 e. The Morgan fingerprint density at radius 1 is 0.969 bits per heavy atom. The Bertz CT molecular complexity index is 1170. The summed E-state index contributed by atoms with van der Waals surface area (Å²) in [6, 6.07) is 13.1. The van der Waals surface area contributed by atoms with Crippen LogP contribution in [0.2, 0.25) is 0 Å². The van der Waals surface area contributed by atoms with Gasteiger partial charge in [0, 0.05) is 31.1 Å². The Hall–Kier alpha value is -3.41. The van der Waals surface area contributed by atoms with Crippen molar-refractivity contribution in [3.63, 3.8) is 0 Å². The summed E-state index contributed by atoms with van der Waals surface area (Å²) < 4.78 is 27.8. The number of carbonyl (C=O) groups excluding carboxylic acids is 2. The predicted molar refractivity (Wildman–Crippen MR) is 122 cm³/mol. The molecule has 0 N–H and O–H groups in total. The largest absolute Gasteiger partial charge is 0.313 e. The van der Waals surface area contributed by atoms with Crippen molar-refractivity contribution in [1.29, 1.82) is 0 Å². The third-order valence-corrected chi connectivity index (χ3v) is 5.63. The molecule has 4 nitrogen and oxygen atoms in total. The highest BCUT2D eigenvalue weighted by atomic mass is 19.1. The zero-order valence-corrected chi connectivity index (χ0v) is 18.7. The van der Waals surface area contributed by atoms with E-state index in [1.807, 2.05) is 13.0 Å². The van der Waals surface area contributed by atoms with E-state index in [4.69, 9.17) is 0 Å². The van der Waals surface area contributed by atoms with Gasteiger partial charge in [0.25, 0.3) is 0 Å². The molecule has 0 atom stereocenters. The number of rotatable bonds is 7. The Morgan fingerprint density at radius 3 is 2.28 bits per heavy atom. The highest BCUT2D eigenvalue weighted by Gasteiger charge is 2.15. The van der Waals surface area contributed by atoms with Crippen LogP contribution in [0.15, 0.2) is 48.5 Å². The highest BCUT2D eigenvalue weighted by Crippen LogP contribution is 2.28. The summed E-state index contributed by atoms with van der Waals surface area (Å²) in [6.07, 6.45) is 1.06. The van der Waals surface area contributed by atoms with Crippen molar-refractivity contribution in [1.82, 2.24) is 4.98 Å². The molecule has 0 saturated heterocycles. The fourth-order valence-electron chi connectivity index (χ4n) is 3.69. The van der Waals surface area contributed by atoms with Gasteiger partial charge in [-0.05, 0) is 60.7 Å². The number of halogens is 2. The summed E-state index contributed by atoms with van der Waals surface area (Å²) in [5.74, 6) is -1.19. The Balaban J connectivity index is 1.76. The number of aryl methyl sites for hydroxylation is 3. The number of benzene rings is 2. The third-order valence-electron chi connectivity index (χ3n) is 5.63. The molecule has 0 saturated carbocycles. The van der Waals surface area contributed by atoms with Crippen LogP contribution in [0, 0.1) is 25.6 Å². The normalized spacial score (nSPS) is 10.8. The fourth-order valence-corrected chi connectivity index (χ4v) is 3.69. The number of nitrogens with zero attached hydrogens (tertiary/aromatic N) is 2. The van der Waals surface area contributed by atoms with E-state index in [9.17, 15) is 18.4 Å². The van der Waals surface area contributed by atoms with Crippen LogP contribution in [-0.4, -0.2) is 23.7 Å². The topological polar surface area (TPSA) is 50.3 Å². The maximum atomic E-state index is 14.6. The first-order valence-corrected chi connectivity index (χ1v) is 10.5. The maximum absolute atomic E-state index is 14.6. The van der Waals surface area contributed by atoms with E-state index < -0.39 is 11.8 Å². The van der Waals surface area contributed by atoms with Crippen molar-refractivity contribution in [3.05, 3.63) is 82.7 Å². The fraction of sp³-hybridized carbons (Fsp3) is 0.269. The van der Waals surface area contributed by atoms with Gasteiger partial charge in [-0.2, -0.15) is 4.39 Å². The van der Waals surface area contributed by atoms with Crippen molar-refractivity contribution in [2.24, 2.45) is 0 Å². The van der Waals surface area contributed by atoms with Crippen LogP contribution in [0.1, 0.15) is 46.9 Å². The minimum Gasteiger partial charge on any atom is -0.313 e. The van der Waals surface area contributed by atoms with Crippen LogP contribution < -0.4 is 4.90 Å². The Labute approximate surface area is 186 Å². The summed E-state index contributed by atoms with van der Waals surface area (Å²) in [5.41, 5.74) is 4.51. The van der Waals surface area contributed by atoms with Gasteiger partial charge in [0.2, 0.25) is 11.9 Å². The molecule has 2 aromatic carbocycles. The molecule has 1 heterocycles. The summed E-state index contributed by atoms with van der Waals surface area (Å²) in [5, 5.41) is 0.